The third-order valence-corrected chi connectivity index (χ3v) is 4.23. The number of hydrogen-bond acceptors (Lipinski definition) is 3. The molecule has 0 fully saturated rings. The Morgan fingerprint density at radius 3 is 2.52 bits per heavy atom. The maximum Gasteiger partial charge on any atom is 0.149 e. The fraction of sp³-hybridized carbons (Fsp3) is 0.0909. The zero-order valence-corrected chi connectivity index (χ0v) is 14.9. The monoisotopic (exact) mass is 357 g/mol. The minimum absolute atomic E-state index is 0.283. The average molecular weight is 357 g/mol. The summed E-state index contributed by atoms with van der Waals surface area (Å²) in [6.45, 7) is 1.83. The summed E-state index contributed by atoms with van der Waals surface area (Å²) >= 11 is 0. The first kappa shape index (κ1) is 16.8. The van der Waals surface area contributed by atoms with Gasteiger partial charge in [0.1, 0.15) is 23.0 Å². The lowest BCUT2D eigenvalue weighted by Gasteiger charge is -2.00. The van der Waals surface area contributed by atoms with Crippen LogP contribution in [-0.4, -0.2) is 14.9 Å². The molecular formula is C22H16FN3O. The molecule has 4 rings (SSSR count). The van der Waals surface area contributed by atoms with Gasteiger partial charge in [0.25, 0.3) is 0 Å². The van der Waals surface area contributed by atoms with Gasteiger partial charge in [-0.3, -0.25) is 4.68 Å². The molecule has 132 valence electrons. The lowest BCUT2D eigenvalue weighted by atomic mass is 10.1. The van der Waals surface area contributed by atoms with Gasteiger partial charge in [-0.05, 0) is 25.0 Å². The number of benzene rings is 2. The molecule has 2 aromatic carbocycles. The molecule has 27 heavy (non-hydrogen) atoms. The summed E-state index contributed by atoms with van der Waals surface area (Å²) < 4.78 is 20.5. The number of aromatic nitrogens is 3. The summed E-state index contributed by atoms with van der Waals surface area (Å²) in [6, 6.07) is 18.0. The standard InChI is InChI=1S/C22H16FN3O/c1-15-20(22(25-27-15)16-7-4-3-5-8-16)12-11-19-14-21(26(2)24-19)17-9-6-10-18(23)13-17/h3-10,13-14H,1-2H3. The van der Waals surface area contributed by atoms with Gasteiger partial charge in [-0.1, -0.05) is 53.5 Å². The molecule has 0 aliphatic carbocycles. The van der Waals surface area contributed by atoms with Crippen molar-refractivity contribution in [3.63, 3.8) is 0 Å². The maximum atomic E-state index is 13.5. The Morgan fingerprint density at radius 2 is 1.74 bits per heavy atom. The van der Waals surface area contributed by atoms with Gasteiger partial charge in [-0.15, -0.1) is 0 Å². The van der Waals surface area contributed by atoms with E-state index >= 15 is 0 Å². The second-order valence-corrected chi connectivity index (χ2v) is 6.13. The number of halogens is 1. The molecule has 2 heterocycles. The minimum Gasteiger partial charge on any atom is -0.360 e. The van der Waals surface area contributed by atoms with E-state index in [0.29, 0.717) is 17.1 Å². The number of nitrogens with zero attached hydrogens (tertiary/aromatic N) is 3. The van der Waals surface area contributed by atoms with Gasteiger partial charge in [0.05, 0.1) is 11.3 Å². The van der Waals surface area contributed by atoms with E-state index in [2.05, 4.69) is 22.1 Å². The van der Waals surface area contributed by atoms with Crippen LogP contribution in [0.25, 0.3) is 22.5 Å². The van der Waals surface area contributed by atoms with Crippen molar-refractivity contribution < 1.29 is 8.91 Å². The van der Waals surface area contributed by atoms with E-state index in [1.54, 1.807) is 10.7 Å². The first-order chi connectivity index (χ1) is 13.1. The van der Waals surface area contributed by atoms with Crippen LogP contribution in [0.4, 0.5) is 4.39 Å². The third-order valence-electron chi connectivity index (χ3n) is 4.23. The molecular weight excluding hydrogens is 341 g/mol. The Hall–Kier alpha value is -3.65. The van der Waals surface area contributed by atoms with E-state index in [4.69, 9.17) is 4.52 Å². The second-order valence-electron chi connectivity index (χ2n) is 6.13. The molecule has 4 aromatic rings. The minimum atomic E-state index is -0.283. The highest BCUT2D eigenvalue weighted by molar-refractivity contribution is 5.68. The van der Waals surface area contributed by atoms with Crippen molar-refractivity contribution in [2.75, 3.05) is 0 Å². The summed E-state index contributed by atoms with van der Waals surface area (Å²) in [5, 5.41) is 8.55. The van der Waals surface area contributed by atoms with Crippen molar-refractivity contribution in [3.8, 4) is 34.4 Å². The number of aryl methyl sites for hydroxylation is 2. The fourth-order valence-electron chi connectivity index (χ4n) is 2.89. The smallest absolute Gasteiger partial charge is 0.149 e. The summed E-state index contributed by atoms with van der Waals surface area (Å²) in [7, 11) is 1.81. The highest BCUT2D eigenvalue weighted by Gasteiger charge is 2.13. The molecule has 2 aromatic heterocycles. The topological polar surface area (TPSA) is 43.9 Å². The van der Waals surface area contributed by atoms with Crippen LogP contribution >= 0.6 is 0 Å². The molecule has 0 amide bonds. The molecule has 0 aliphatic rings. The highest BCUT2D eigenvalue weighted by atomic mass is 19.1. The summed E-state index contributed by atoms with van der Waals surface area (Å²) in [4.78, 5) is 0. The van der Waals surface area contributed by atoms with Crippen LogP contribution in [0.15, 0.2) is 65.2 Å². The van der Waals surface area contributed by atoms with Gasteiger partial charge in [0, 0.05) is 24.2 Å². The summed E-state index contributed by atoms with van der Waals surface area (Å²) in [5.74, 6) is 6.56. The Balaban J connectivity index is 1.71. The molecule has 4 nitrogen and oxygen atoms in total. The van der Waals surface area contributed by atoms with Crippen LogP contribution in [0.3, 0.4) is 0 Å². The lowest BCUT2D eigenvalue weighted by molar-refractivity contribution is 0.399. The van der Waals surface area contributed by atoms with Crippen molar-refractivity contribution in [2.45, 2.75) is 6.92 Å². The van der Waals surface area contributed by atoms with E-state index < -0.39 is 0 Å². The normalized spacial score (nSPS) is 10.5. The molecule has 0 N–H and O–H groups in total. The van der Waals surface area contributed by atoms with Crippen molar-refractivity contribution >= 4 is 0 Å². The van der Waals surface area contributed by atoms with E-state index in [0.717, 1.165) is 22.4 Å². The van der Waals surface area contributed by atoms with Crippen LogP contribution in [0.5, 0.6) is 0 Å². The summed E-state index contributed by atoms with van der Waals surface area (Å²) in [6.07, 6.45) is 0. The third kappa shape index (κ3) is 3.38. The van der Waals surface area contributed by atoms with Crippen LogP contribution in [0.1, 0.15) is 17.0 Å². The molecule has 0 atom stereocenters. The van der Waals surface area contributed by atoms with Crippen LogP contribution in [0, 0.1) is 24.6 Å². The quantitative estimate of drug-likeness (QED) is 0.493. The van der Waals surface area contributed by atoms with E-state index in [1.165, 1.54) is 12.1 Å². The average Bonchev–Trinajstić information content (AvgIpc) is 3.23. The molecule has 5 heteroatoms. The summed E-state index contributed by atoms with van der Waals surface area (Å²) in [5.41, 5.74) is 4.53. The molecule has 0 radical (unpaired) electrons. The first-order valence-electron chi connectivity index (χ1n) is 8.45. The maximum absolute atomic E-state index is 13.5. The van der Waals surface area contributed by atoms with Crippen molar-refractivity contribution in [1.82, 2.24) is 14.9 Å². The van der Waals surface area contributed by atoms with Crippen LogP contribution in [0.2, 0.25) is 0 Å². The highest BCUT2D eigenvalue weighted by Crippen LogP contribution is 2.24. The zero-order chi connectivity index (χ0) is 18.8. The Bertz CT molecular complexity index is 1160. The van der Waals surface area contributed by atoms with Gasteiger partial charge in [0.2, 0.25) is 0 Å². The van der Waals surface area contributed by atoms with Gasteiger partial charge in [-0.2, -0.15) is 5.10 Å². The molecule has 0 spiro atoms. The number of rotatable bonds is 2. The Kier molecular flexibility index (Phi) is 4.31. The Labute approximate surface area is 156 Å². The van der Waals surface area contributed by atoms with E-state index in [-0.39, 0.29) is 5.82 Å². The first-order valence-corrected chi connectivity index (χ1v) is 8.45. The number of hydrogen-bond donors (Lipinski definition) is 0. The van der Waals surface area contributed by atoms with Gasteiger partial charge in [0.15, 0.2) is 0 Å². The largest absolute Gasteiger partial charge is 0.360 e. The van der Waals surface area contributed by atoms with E-state index in [1.807, 2.05) is 56.4 Å². The fourth-order valence-corrected chi connectivity index (χ4v) is 2.89. The van der Waals surface area contributed by atoms with Crippen LogP contribution in [-0.2, 0) is 7.05 Å². The molecule has 0 aliphatic heterocycles. The second kappa shape index (κ2) is 6.93. The van der Waals surface area contributed by atoms with Crippen molar-refractivity contribution in [1.29, 1.82) is 0 Å². The van der Waals surface area contributed by atoms with Gasteiger partial charge < -0.3 is 4.52 Å². The van der Waals surface area contributed by atoms with E-state index in [9.17, 15) is 4.39 Å². The Morgan fingerprint density at radius 1 is 0.963 bits per heavy atom. The van der Waals surface area contributed by atoms with Crippen molar-refractivity contribution in [2.24, 2.45) is 7.05 Å². The molecule has 0 saturated heterocycles. The SMILES string of the molecule is Cc1onc(-c2ccccc2)c1C#Cc1cc(-c2cccc(F)c2)n(C)n1. The van der Waals surface area contributed by atoms with Gasteiger partial charge >= 0.3 is 0 Å². The molecule has 0 bridgehead atoms. The van der Waals surface area contributed by atoms with Gasteiger partial charge in [-0.25, -0.2) is 4.39 Å². The predicted molar refractivity (Wildman–Crippen MR) is 101 cm³/mol. The molecule has 0 saturated carbocycles. The predicted octanol–water partition coefficient (Wildman–Crippen LogP) is 4.59. The lowest BCUT2D eigenvalue weighted by Crippen LogP contribution is -1.94. The van der Waals surface area contributed by atoms with Crippen LogP contribution < -0.4 is 0 Å². The van der Waals surface area contributed by atoms with Crippen molar-refractivity contribution in [3.05, 3.63) is 83.5 Å². The molecule has 0 unspecified atom stereocenters. The zero-order valence-electron chi connectivity index (χ0n) is 14.9.